The number of nitrogens with two attached hydrogens (primary N) is 1. The van der Waals surface area contributed by atoms with Crippen molar-refractivity contribution in [3.63, 3.8) is 0 Å². The van der Waals surface area contributed by atoms with Crippen LogP contribution in [0, 0.1) is 0 Å². The van der Waals surface area contributed by atoms with Crippen LogP contribution in [0.15, 0.2) is 30.3 Å². The van der Waals surface area contributed by atoms with Crippen LogP contribution in [0.1, 0.15) is 25.6 Å². The van der Waals surface area contributed by atoms with Crippen molar-refractivity contribution in [1.29, 1.82) is 0 Å². The van der Waals surface area contributed by atoms with Gasteiger partial charge in [-0.25, -0.2) is 0 Å². The van der Waals surface area contributed by atoms with Crippen LogP contribution >= 0.6 is 0 Å². The molecule has 0 aliphatic carbocycles. The summed E-state index contributed by atoms with van der Waals surface area (Å²) in [6.07, 6.45) is 0. The third-order valence-electron chi connectivity index (χ3n) is 2.93. The summed E-state index contributed by atoms with van der Waals surface area (Å²) in [5.74, 6) is 0.846. The normalized spacial score (nSPS) is 12.4. The van der Waals surface area contributed by atoms with E-state index in [2.05, 4.69) is 18.1 Å². The summed E-state index contributed by atoms with van der Waals surface area (Å²) in [5.41, 5.74) is 8.96. The van der Waals surface area contributed by atoms with E-state index in [0.717, 1.165) is 29.2 Å². The fourth-order valence-corrected chi connectivity index (χ4v) is 1.92. The second-order valence-corrected chi connectivity index (χ2v) is 4.29. The monoisotopic (exact) mass is 245 g/mol. The number of rotatable bonds is 4. The minimum atomic E-state index is -0.0536. The molecule has 0 aliphatic rings. The van der Waals surface area contributed by atoms with E-state index in [4.69, 9.17) is 10.5 Å². The van der Waals surface area contributed by atoms with Crippen molar-refractivity contribution in [2.45, 2.75) is 26.4 Å². The summed E-state index contributed by atoms with van der Waals surface area (Å²) < 4.78 is 7.22. The smallest absolute Gasteiger partial charge is 0.119 e. The van der Waals surface area contributed by atoms with Crippen molar-refractivity contribution in [3.05, 3.63) is 36.0 Å². The van der Waals surface area contributed by atoms with Gasteiger partial charge in [-0.3, -0.25) is 4.68 Å². The molecule has 0 amide bonds. The summed E-state index contributed by atoms with van der Waals surface area (Å²) in [5, 5.41) is 4.51. The van der Waals surface area contributed by atoms with Crippen LogP contribution in [-0.2, 0) is 6.54 Å². The molecule has 4 nitrogen and oxygen atoms in total. The third kappa shape index (κ3) is 2.38. The van der Waals surface area contributed by atoms with Gasteiger partial charge in [0.1, 0.15) is 5.75 Å². The Hall–Kier alpha value is -1.81. The number of hydrogen-bond acceptors (Lipinski definition) is 3. The fraction of sp³-hybridized carbons (Fsp3) is 0.357. The predicted octanol–water partition coefficient (Wildman–Crippen LogP) is 2.60. The van der Waals surface area contributed by atoms with Gasteiger partial charge in [-0.1, -0.05) is 12.1 Å². The van der Waals surface area contributed by atoms with E-state index in [1.165, 1.54) is 0 Å². The number of aromatic nitrogens is 2. The van der Waals surface area contributed by atoms with Crippen molar-refractivity contribution >= 4 is 0 Å². The minimum Gasteiger partial charge on any atom is -0.497 e. The molecule has 4 heteroatoms. The number of aryl methyl sites for hydroxylation is 1. The van der Waals surface area contributed by atoms with Gasteiger partial charge in [-0.2, -0.15) is 5.10 Å². The highest BCUT2D eigenvalue weighted by molar-refractivity contribution is 5.62. The summed E-state index contributed by atoms with van der Waals surface area (Å²) in [6, 6.07) is 9.96. The van der Waals surface area contributed by atoms with Gasteiger partial charge in [0.15, 0.2) is 0 Å². The zero-order valence-corrected chi connectivity index (χ0v) is 11.1. The highest BCUT2D eigenvalue weighted by Crippen LogP contribution is 2.25. The third-order valence-corrected chi connectivity index (χ3v) is 2.93. The first-order valence-electron chi connectivity index (χ1n) is 6.13. The SMILES string of the molecule is CCn1nc(C(C)N)cc1-c1cccc(OC)c1. The maximum atomic E-state index is 5.88. The van der Waals surface area contributed by atoms with Gasteiger partial charge < -0.3 is 10.5 Å². The maximum absolute atomic E-state index is 5.88. The lowest BCUT2D eigenvalue weighted by Crippen LogP contribution is -2.07. The molecule has 0 aliphatic heterocycles. The van der Waals surface area contributed by atoms with Crippen molar-refractivity contribution < 1.29 is 4.74 Å². The Kier molecular flexibility index (Phi) is 3.67. The number of hydrogen-bond donors (Lipinski definition) is 1. The van der Waals surface area contributed by atoms with Crippen LogP contribution in [0.2, 0.25) is 0 Å². The highest BCUT2D eigenvalue weighted by Gasteiger charge is 2.11. The van der Waals surface area contributed by atoms with E-state index in [9.17, 15) is 0 Å². The number of ether oxygens (including phenoxy) is 1. The summed E-state index contributed by atoms with van der Waals surface area (Å²) >= 11 is 0. The maximum Gasteiger partial charge on any atom is 0.119 e. The van der Waals surface area contributed by atoms with E-state index in [0.29, 0.717) is 0 Å². The molecule has 1 aromatic heterocycles. The second-order valence-electron chi connectivity index (χ2n) is 4.29. The molecule has 0 radical (unpaired) electrons. The molecule has 1 unspecified atom stereocenters. The van der Waals surface area contributed by atoms with E-state index < -0.39 is 0 Å². The van der Waals surface area contributed by atoms with Crippen LogP contribution in [0.25, 0.3) is 11.3 Å². The minimum absolute atomic E-state index is 0.0536. The van der Waals surface area contributed by atoms with Gasteiger partial charge in [0.05, 0.1) is 18.5 Å². The second kappa shape index (κ2) is 5.23. The molecule has 18 heavy (non-hydrogen) atoms. The van der Waals surface area contributed by atoms with Gasteiger partial charge in [0, 0.05) is 18.2 Å². The molecule has 0 saturated heterocycles. The van der Waals surface area contributed by atoms with Gasteiger partial charge >= 0.3 is 0 Å². The van der Waals surface area contributed by atoms with Gasteiger partial charge in [0.2, 0.25) is 0 Å². The first kappa shape index (κ1) is 12.6. The zero-order valence-electron chi connectivity index (χ0n) is 11.1. The van der Waals surface area contributed by atoms with Crippen molar-refractivity contribution in [3.8, 4) is 17.0 Å². The van der Waals surface area contributed by atoms with E-state index >= 15 is 0 Å². The largest absolute Gasteiger partial charge is 0.497 e. The lowest BCUT2D eigenvalue weighted by Gasteiger charge is -2.06. The lowest BCUT2D eigenvalue weighted by molar-refractivity contribution is 0.415. The molecule has 2 rings (SSSR count). The molecule has 2 N–H and O–H groups in total. The summed E-state index contributed by atoms with van der Waals surface area (Å²) in [4.78, 5) is 0. The standard InChI is InChI=1S/C14H19N3O/c1-4-17-14(9-13(16-17)10(2)15)11-6-5-7-12(8-11)18-3/h5-10H,4,15H2,1-3H3. The number of nitrogens with zero attached hydrogens (tertiary/aromatic N) is 2. The topological polar surface area (TPSA) is 53.1 Å². The predicted molar refractivity (Wildman–Crippen MR) is 72.5 cm³/mol. The molecule has 0 bridgehead atoms. The Morgan fingerprint density at radius 1 is 1.39 bits per heavy atom. The van der Waals surface area contributed by atoms with Crippen LogP contribution < -0.4 is 10.5 Å². The molecule has 0 fully saturated rings. The first-order chi connectivity index (χ1) is 8.65. The van der Waals surface area contributed by atoms with Gasteiger partial charge in [0.25, 0.3) is 0 Å². The molecule has 1 atom stereocenters. The average Bonchev–Trinajstić information content (AvgIpc) is 2.83. The zero-order chi connectivity index (χ0) is 13.1. The lowest BCUT2D eigenvalue weighted by atomic mass is 10.1. The number of benzene rings is 1. The van der Waals surface area contributed by atoms with Crippen molar-refractivity contribution in [2.75, 3.05) is 7.11 Å². The van der Waals surface area contributed by atoms with Crippen molar-refractivity contribution in [2.24, 2.45) is 5.73 Å². The molecule has 0 saturated carbocycles. The molecule has 2 aromatic rings. The number of methoxy groups -OCH3 is 1. The average molecular weight is 245 g/mol. The van der Waals surface area contributed by atoms with Crippen LogP contribution in [0.5, 0.6) is 5.75 Å². The Labute approximate surface area is 107 Å². The van der Waals surface area contributed by atoms with Gasteiger partial charge in [-0.15, -0.1) is 0 Å². The molecule has 0 spiro atoms. The van der Waals surface area contributed by atoms with E-state index in [1.807, 2.05) is 35.9 Å². The summed E-state index contributed by atoms with van der Waals surface area (Å²) in [7, 11) is 1.67. The molecule has 1 aromatic carbocycles. The van der Waals surface area contributed by atoms with Crippen LogP contribution in [0.4, 0.5) is 0 Å². The van der Waals surface area contributed by atoms with E-state index in [1.54, 1.807) is 7.11 Å². The van der Waals surface area contributed by atoms with Crippen LogP contribution in [0.3, 0.4) is 0 Å². The van der Waals surface area contributed by atoms with Crippen molar-refractivity contribution in [1.82, 2.24) is 9.78 Å². The quantitative estimate of drug-likeness (QED) is 0.900. The Bertz CT molecular complexity index is 532. The fourth-order valence-electron chi connectivity index (χ4n) is 1.92. The van der Waals surface area contributed by atoms with E-state index in [-0.39, 0.29) is 6.04 Å². The molecular weight excluding hydrogens is 226 g/mol. The molecular formula is C14H19N3O. The Morgan fingerprint density at radius 3 is 2.78 bits per heavy atom. The first-order valence-corrected chi connectivity index (χ1v) is 6.13. The molecule has 1 heterocycles. The van der Waals surface area contributed by atoms with Crippen LogP contribution in [-0.4, -0.2) is 16.9 Å². The Morgan fingerprint density at radius 2 is 2.17 bits per heavy atom. The molecule has 96 valence electrons. The highest BCUT2D eigenvalue weighted by atomic mass is 16.5. The Balaban J connectivity index is 2.48. The van der Waals surface area contributed by atoms with Gasteiger partial charge in [-0.05, 0) is 32.0 Å². The summed E-state index contributed by atoms with van der Waals surface area (Å²) in [6.45, 7) is 4.83.